The molecule has 2 unspecified atom stereocenters. The summed E-state index contributed by atoms with van der Waals surface area (Å²) in [4.78, 5) is 14.3. The Bertz CT molecular complexity index is 581. The second-order valence-corrected chi connectivity index (χ2v) is 6.29. The van der Waals surface area contributed by atoms with E-state index in [2.05, 4.69) is 0 Å². The molecular formula is C18H23NO3. The normalized spacial score (nSPS) is 24.0. The number of aliphatic hydroxyl groups excluding tert-OH is 1. The zero-order valence-corrected chi connectivity index (χ0v) is 13.0. The summed E-state index contributed by atoms with van der Waals surface area (Å²) >= 11 is 0. The summed E-state index contributed by atoms with van der Waals surface area (Å²) in [5, 5.41) is 10.1. The van der Waals surface area contributed by atoms with Crippen LogP contribution in [0.15, 0.2) is 29.8 Å². The Kier molecular flexibility index (Phi) is 4.48. The Hall–Kier alpha value is -1.81. The molecule has 2 atom stereocenters. The fourth-order valence-electron chi connectivity index (χ4n) is 3.32. The van der Waals surface area contributed by atoms with Crippen LogP contribution in [-0.4, -0.2) is 42.2 Å². The zero-order valence-electron chi connectivity index (χ0n) is 13.0. The highest BCUT2D eigenvalue weighted by molar-refractivity contribution is 5.99. The maximum absolute atomic E-state index is 12.6. The molecular weight excluding hydrogens is 278 g/mol. The minimum absolute atomic E-state index is 0.00715. The number of carbonyl (C=O) groups is 1. The molecule has 0 spiro atoms. The van der Waals surface area contributed by atoms with Gasteiger partial charge in [-0.15, -0.1) is 0 Å². The van der Waals surface area contributed by atoms with Crippen LogP contribution in [0.2, 0.25) is 0 Å². The maximum atomic E-state index is 12.6. The predicted molar refractivity (Wildman–Crippen MR) is 85.5 cm³/mol. The lowest BCUT2D eigenvalue weighted by atomic mass is 9.86. The number of hydrogen-bond donors (Lipinski definition) is 1. The number of para-hydroxylation sites is 1. The van der Waals surface area contributed by atoms with Crippen molar-refractivity contribution in [3.63, 3.8) is 0 Å². The number of rotatable bonds is 3. The van der Waals surface area contributed by atoms with Gasteiger partial charge in [0.05, 0.1) is 11.7 Å². The van der Waals surface area contributed by atoms with E-state index >= 15 is 0 Å². The second-order valence-electron chi connectivity index (χ2n) is 6.29. The number of aliphatic hydroxyl groups is 1. The van der Waals surface area contributed by atoms with Crippen molar-refractivity contribution in [1.82, 2.24) is 4.90 Å². The van der Waals surface area contributed by atoms with Crippen LogP contribution in [0.5, 0.6) is 5.75 Å². The summed E-state index contributed by atoms with van der Waals surface area (Å²) < 4.78 is 5.65. The van der Waals surface area contributed by atoms with Crippen molar-refractivity contribution in [1.29, 1.82) is 0 Å². The number of hydrogen-bond acceptors (Lipinski definition) is 3. The molecule has 1 aromatic rings. The molecule has 1 heterocycles. The number of benzene rings is 1. The van der Waals surface area contributed by atoms with E-state index in [0.717, 1.165) is 37.0 Å². The Balaban J connectivity index is 1.67. The van der Waals surface area contributed by atoms with Gasteiger partial charge in [0, 0.05) is 25.1 Å². The topological polar surface area (TPSA) is 49.8 Å². The lowest BCUT2D eigenvalue weighted by Gasteiger charge is -2.32. The molecule has 1 fully saturated rings. The predicted octanol–water partition coefficient (Wildman–Crippen LogP) is 2.47. The molecule has 0 radical (unpaired) electrons. The lowest BCUT2D eigenvalue weighted by Crippen LogP contribution is -2.39. The van der Waals surface area contributed by atoms with Gasteiger partial charge in [0.25, 0.3) is 5.91 Å². The van der Waals surface area contributed by atoms with Gasteiger partial charge in [0.15, 0.2) is 0 Å². The third kappa shape index (κ3) is 3.17. The summed E-state index contributed by atoms with van der Waals surface area (Å²) in [6, 6.07) is 7.73. The summed E-state index contributed by atoms with van der Waals surface area (Å²) in [6.45, 7) is 0.923. The van der Waals surface area contributed by atoms with E-state index in [-0.39, 0.29) is 17.9 Å². The summed E-state index contributed by atoms with van der Waals surface area (Å²) in [6.07, 6.45) is 5.72. The van der Waals surface area contributed by atoms with Gasteiger partial charge in [-0.25, -0.2) is 0 Å². The Morgan fingerprint density at radius 3 is 2.91 bits per heavy atom. The van der Waals surface area contributed by atoms with Crippen molar-refractivity contribution in [2.24, 2.45) is 5.92 Å². The minimum atomic E-state index is -0.277. The quantitative estimate of drug-likeness (QED) is 0.933. The zero-order chi connectivity index (χ0) is 15.5. The van der Waals surface area contributed by atoms with Crippen molar-refractivity contribution in [3.05, 3.63) is 35.4 Å². The van der Waals surface area contributed by atoms with Gasteiger partial charge < -0.3 is 14.7 Å². The van der Waals surface area contributed by atoms with E-state index in [0.29, 0.717) is 18.7 Å². The highest BCUT2D eigenvalue weighted by atomic mass is 16.5. The molecule has 1 aliphatic heterocycles. The molecule has 4 heteroatoms. The first-order valence-corrected chi connectivity index (χ1v) is 8.01. The Morgan fingerprint density at radius 1 is 1.32 bits per heavy atom. The number of likely N-dealkylation sites (N-methyl/N-ethyl adjacent to an activating group) is 1. The number of carbonyl (C=O) groups excluding carboxylic acids is 1. The standard InChI is InChI=1S/C18H23NO3/c1-19(11-14-7-2-4-8-16(14)20)18(21)15-10-13-6-3-5-9-17(13)22-12-15/h3,5-6,9-10,14,16,20H,2,4,7-8,11-12H2,1H3. The third-order valence-corrected chi connectivity index (χ3v) is 4.63. The van der Waals surface area contributed by atoms with E-state index in [1.807, 2.05) is 37.4 Å². The van der Waals surface area contributed by atoms with Crippen molar-refractivity contribution in [2.75, 3.05) is 20.2 Å². The first kappa shape index (κ1) is 15.1. The van der Waals surface area contributed by atoms with E-state index < -0.39 is 0 Å². The molecule has 22 heavy (non-hydrogen) atoms. The fourth-order valence-corrected chi connectivity index (χ4v) is 3.32. The molecule has 118 valence electrons. The SMILES string of the molecule is CN(CC1CCCCC1O)C(=O)C1=Cc2ccccc2OC1. The molecule has 0 saturated heterocycles. The summed E-state index contributed by atoms with van der Waals surface area (Å²) in [7, 11) is 1.81. The first-order valence-electron chi connectivity index (χ1n) is 8.01. The van der Waals surface area contributed by atoms with Gasteiger partial charge in [-0.2, -0.15) is 0 Å². The molecule has 1 saturated carbocycles. The van der Waals surface area contributed by atoms with Crippen LogP contribution < -0.4 is 4.74 Å². The van der Waals surface area contributed by atoms with Crippen LogP contribution in [0.4, 0.5) is 0 Å². The van der Waals surface area contributed by atoms with Crippen LogP contribution in [0, 0.1) is 5.92 Å². The third-order valence-electron chi connectivity index (χ3n) is 4.63. The van der Waals surface area contributed by atoms with Crippen LogP contribution in [0.3, 0.4) is 0 Å². The van der Waals surface area contributed by atoms with Crippen molar-refractivity contribution >= 4 is 12.0 Å². The smallest absolute Gasteiger partial charge is 0.253 e. The van der Waals surface area contributed by atoms with E-state index in [1.165, 1.54) is 0 Å². The van der Waals surface area contributed by atoms with Crippen LogP contribution in [-0.2, 0) is 4.79 Å². The van der Waals surface area contributed by atoms with Crippen molar-refractivity contribution < 1.29 is 14.6 Å². The highest BCUT2D eigenvalue weighted by Gasteiger charge is 2.27. The first-order chi connectivity index (χ1) is 10.6. The number of fused-ring (bicyclic) bond motifs is 1. The largest absolute Gasteiger partial charge is 0.488 e. The second kappa shape index (κ2) is 6.53. The summed E-state index contributed by atoms with van der Waals surface area (Å²) in [5.74, 6) is 1.01. The van der Waals surface area contributed by atoms with Crippen molar-refractivity contribution in [2.45, 2.75) is 31.8 Å². The Labute approximate surface area is 131 Å². The molecule has 1 aromatic carbocycles. The highest BCUT2D eigenvalue weighted by Crippen LogP contribution is 2.28. The van der Waals surface area contributed by atoms with Gasteiger partial charge in [-0.1, -0.05) is 31.0 Å². The number of amides is 1. The van der Waals surface area contributed by atoms with E-state index in [9.17, 15) is 9.90 Å². The van der Waals surface area contributed by atoms with E-state index in [4.69, 9.17) is 4.74 Å². The van der Waals surface area contributed by atoms with Crippen molar-refractivity contribution in [3.8, 4) is 5.75 Å². The molecule has 3 rings (SSSR count). The van der Waals surface area contributed by atoms with Gasteiger partial charge in [-0.05, 0) is 25.0 Å². The molecule has 4 nitrogen and oxygen atoms in total. The van der Waals surface area contributed by atoms with Gasteiger partial charge in [-0.3, -0.25) is 4.79 Å². The molecule has 1 aliphatic carbocycles. The average molecular weight is 301 g/mol. The van der Waals surface area contributed by atoms with Crippen LogP contribution in [0.25, 0.3) is 6.08 Å². The summed E-state index contributed by atoms with van der Waals surface area (Å²) in [5.41, 5.74) is 1.62. The molecule has 1 N–H and O–H groups in total. The molecule has 2 aliphatic rings. The Morgan fingerprint density at radius 2 is 2.09 bits per heavy atom. The molecule has 0 bridgehead atoms. The van der Waals surface area contributed by atoms with Crippen LogP contribution >= 0.6 is 0 Å². The molecule has 1 amide bonds. The van der Waals surface area contributed by atoms with Gasteiger partial charge in [0.2, 0.25) is 0 Å². The van der Waals surface area contributed by atoms with Crippen LogP contribution in [0.1, 0.15) is 31.2 Å². The number of nitrogens with zero attached hydrogens (tertiary/aromatic N) is 1. The van der Waals surface area contributed by atoms with Gasteiger partial charge >= 0.3 is 0 Å². The number of ether oxygens (including phenoxy) is 1. The average Bonchev–Trinajstić information content (AvgIpc) is 2.55. The van der Waals surface area contributed by atoms with Gasteiger partial charge in [0.1, 0.15) is 12.4 Å². The van der Waals surface area contributed by atoms with E-state index in [1.54, 1.807) is 4.90 Å². The fraction of sp³-hybridized carbons (Fsp3) is 0.500. The monoisotopic (exact) mass is 301 g/mol. The lowest BCUT2D eigenvalue weighted by molar-refractivity contribution is -0.127. The maximum Gasteiger partial charge on any atom is 0.253 e. The minimum Gasteiger partial charge on any atom is -0.488 e. The molecule has 0 aromatic heterocycles.